The van der Waals surface area contributed by atoms with Crippen LogP contribution >= 0.6 is 11.6 Å². The number of rotatable bonds is 1. The van der Waals surface area contributed by atoms with E-state index >= 15 is 0 Å². The Bertz CT molecular complexity index is 295. The summed E-state index contributed by atoms with van der Waals surface area (Å²) in [6.07, 6.45) is 0. The zero-order chi connectivity index (χ0) is 8.39. The van der Waals surface area contributed by atoms with E-state index in [0.717, 1.165) is 17.8 Å². The minimum absolute atomic E-state index is 0.00685. The number of hydrogen-bond donors (Lipinski definition) is 1. The Labute approximate surface area is 76.2 Å². The average molecular weight is 181 g/mol. The van der Waals surface area contributed by atoms with Crippen LogP contribution in [0.5, 0.6) is 0 Å². The Kier molecular flexibility index (Phi) is 2.00. The monoisotopic (exact) mass is 180 g/mol. The van der Waals surface area contributed by atoms with Crippen molar-refractivity contribution in [2.75, 3.05) is 6.54 Å². The molecule has 1 N–H and O–H groups in total. The summed E-state index contributed by atoms with van der Waals surface area (Å²) in [7, 11) is 0. The van der Waals surface area contributed by atoms with Gasteiger partial charge in [-0.25, -0.2) is 0 Å². The third-order valence-corrected chi connectivity index (χ3v) is 2.20. The molecule has 1 aromatic rings. The number of nitrogens with zero attached hydrogens (tertiary/aromatic N) is 1. The maximum atomic E-state index is 6.02. The van der Waals surface area contributed by atoms with Crippen LogP contribution in [0.3, 0.4) is 0 Å². The zero-order valence-electron chi connectivity index (χ0n) is 6.50. The Balaban J connectivity index is 2.31. The Morgan fingerprint density at radius 3 is 2.67 bits per heavy atom. The quantitative estimate of drug-likeness (QED) is 0.653. The van der Waals surface area contributed by atoms with Gasteiger partial charge < -0.3 is 5.43 Å². The van der Waals surface area contributed by atoms with Gasteiger partial charge in [-0.3, -0.25) is 0 Å². The van der Waals surface area contributed by atoms with E-state index in [1.807, 2.05) is 30.3 Å². The van der Waals surface area contributed by atoms with Crippen molar-refractivity contribution in [3.63, 3.8) is 0 Å². The molecule has 0 amide bonds. The molecule has 12 heavy (non-hydrogen) atoms. The first-order valence-corrected chi connectivity index (χ1v) is 4.31. The van der Waals surface area contributed by atoms with E-state index in [1.54, 1.807) is 0 Å². The highest BCUT2D eigenvalue weighted by Crippen LogP contribution is 2.12. The van der Waals surface area contributed by atoms with Crippen LogP contribution in [0.1, 0.15) is 5.56 Å². The van der Waals surface area contributed by atoms with Crippen LogP contribution in [0.2, 0.25) is 0 Å². The molecule has 1 atom stereocenters. The maximum absolute atomic E-state index is 6.02. The van der Waals surface area contributed by atoms with Crippen molar-refractivity contribution in [1.82, 2.24) is 5.43 Å². The van der Waals surface area contributed by atoms with Crippen LogP contribution in [0, 0.1) is 0 Å². The van der Waals surface area contributed by atoms with E-state index in [1.165, 1.54) is 0 Å². The van der Waals surface area contributed by atoms with Crippen LogP contribution in [0.15, 0.2) is 35.4 Å². The summed E-state index contributed by atoms with van der Waals surface area (Å²) in [5.74, 6) is 0. The summed E-state index contributed by atoms with van der Waals surface area (Å²) in [5, 5.41) is 4.13. The first kappa shape index (κ1) is 7.62. The largest absolute Gasteiger partial charge is 0.308 e. The van der Waals surface area contributed by atoms with Gasteiger partial charge >= 0.3 is 0 Å². The lowest BCUT2D eigenvalue weighted by Crippen LogP contribution is -2.15. The van der Waals surface area contributed by atoms with Gasteiger partial charge in [-0.2, -0.15) is 5.10 Å². The molecule has 0 bridgehead atoms. The van der Waals surface area contributed by atoms with E-state index in [4.69, 9.17) is 11.6 Å². The maximum Gasteiger partial charge on any atom is 0.0969 e. The minimum Gasteiger partial charge on any atom is -0.308 e. The van der Waals surface area contributed by atoms with Crippen molar-refractivity contribution < 1.29 is 0 Å². The number of hydrazone groups is 1. The lowest BCUT2D eigenvalue weighted by Gasteiger charge is -2.01. The fourth-order valence-electron chi connectivity index (χ4n) is 1.23. The standard InChI is InChI=1S/C9H9ClN2/c10-8-6-11-12-9(8)7-4-2-1-3-5-7/h1-5,8,11H,6H2. The van der Waals surface area contributed by atoms with Crippen LogP contribution in [0.25, 0.3) is 0 Å². The summed E-state index contributed by atoms with van der Waals surface area (Å²) < 4.78 is 0. The average Bonchev–Trinajstić information content (AvgIpc) is 2.53. The predicted molar refractivity (Wildman–Crippen MR) is 50.6 cm³/mol. The third-order valence-electron chi connectivity index (χ3n) is 1.84. The molecule has 0 spiro atoms. The summed E-state index contributed by atoms with van der Waals surface area (Å²) in [6, 6.07) is 9.98. The molecule has 0 fully saturated rings. The normalized spacial score (nSPS) is 21.8. The van der Waals surface area contributed by atoms with Crippen LogP contribution in [-0.2, 0) is 0 Å². The number of nitrogens with one attached hydrogen (secondary N) is 1. The van der Waals surface area contributed by atoms with Gasteiger partial charge in [0.1, 0.15) is 0 Å². The molecule has 3 heteroatoms. The number of hydrogen-bond acceptors (Lipinski definition) is 2. The smallest absolute Gasteiger partial charge is 0.0969 e. The number of alkyl halides is 1. The van der Waals surface area contributed by atoms with Gasteiger partial charge in [-0.15, -0.1) is 11.6 Å². The van der Waals surface area contributed by atoms with E-state index < -0.39 is 0 Å². The van der Waals surface area contributed by atoms with E-state index in [2.05, 4.69) is 10.5 Å². The molecule has 2 rings (SSSR count). The fraction of sp³-hybridized carbons (Fsp3) is 0.222. The lowest BCUT2D eigenvalue weighted by molar-refractivity contribution is 0.816. The molecular weight excluding hydrogens is 172 g/mol. The van der Waals surface area contributed by atoms with E-state index in [0.29, 0.717) is 0 Å². The molecule has 1 aromatic carbocycles. The van der Waals surface area contributed by atoms with Gasteiger partial charge in [0.25, 0.3) is 0 Å². The molecule has 0 aliphatic carbocycles. The van der Waals surface area contributed by atoms with Crippen LogP contribution < -0.4 is 5.43 Å². The first-order chi connectivity index (χ1) is 5.88. The highest BCUT2D eigenvalue weighted by Gasteiger charge is 2.19. The second kappa shape index (κ2) is 3.15. The van der Waals surface area contributed by atoms with Gasteiger partial charge in [-0.1, -0.05) is 30.3 Å². The fourth-order valence-corrected chi connectivity index (χ4v) is 1.48. The topological polar surface area (TPSA) is 24.4 Å². The van der Waals surface area contributed by atoms with Gasteiger partial charge in [0.05, 0.1) is 17.6 Å². The van der Waals surface area contributed by atoms with E-state index in [9.17, 15) is 0 Å². The van der Waals surface area contributed by atoms with Gasteiger partial charge in [-0.05, 0) is 5.56 Å². The molecular formula is C9H9ClN2. The molecule has 0 radical (unpaired) electrons. The molecule has 0 aromatic heterocycles. The predicted octanol–water partition coefficient (Wildman–Crippen LogP) is 1.60. The molecule has 2 nitrogen and oxygen atoms in total. The van der Waals surface area contributed by atoms with Crippen LogP contribution in [0.4, 0.5) is 0 Å². The van der Waals surface area contributed by atoms with Crippen molar-refractivity contribution in [2.45, 2.75) is 5.38 Å². The molecule has 62 valence electrons. The third kappa shape index (κ3) is 1.30. The van der Waals surface area contributed by atoms with Crippen molar-refractivity contribution in [2.24, 2.45) is 5.10 Å². The van der Waals surface area contributed by atoms with Gasteiger partial charge in [0.15, 0.2) is 0 Å². The summed E-state index contributed by atoms with van der Waals surface area (Å²) in [5.41, 5.74) is 4.92. The SMILES string of the molecule is ClC1CNN=C1c1ccccc1. The number of benzene rings is 1. The van der Waals surface area contributed by atoms with Crippen molar-refractivity contribution in [1.29, 1.82) is 0 Å². The van der Waals surface area contributed by atoms with Crippen molar-refractivity contribution in [3.05, 3.63) is 35.9 Å². The highest BCUT2D eigenvalue weighted by atomic mass is 35.5. The first-order valence-electron chi connectivity index (χ1n) is 3.88. The van der Waals surface area contributed by atoms with E-state index in [-0.39, 0.29) is 5.38 Å². The molecule has 1 aliphatic heterocycles. The van der Waals surface area contributed by atoms with Crippen molar-refractivity contribution >= 4 is 17.3 Å². The molecule has 1 unspecified atom stereocenters. The molecule has 1 aliphatic rings. The van der Waals surface area contributed by atoms with Gasteiger partial charge in [0.2, 0.25) is 0 Å². The zero-order valence-corrected chi connectivity index (χ0v) is 7.25. The minimum atomic E-state index is 0.00685. The Morgan fingerprint density at radius 1 is 1.33 bits per heavy atom. The van der Waals surface area contributed by atoms with Crippen molar-refractivity contribution in [3.8, 4) is 0 Å². The summed E-state index contributed by atoms with van der Waals surface area (Å²) >= 11 is 6.02. The molecule has 0 saturated heterocycles. The number of halogens is 1. The summed E-state index contributed by atoms with van der Waals surface area (Å²) in [6.45, 7) is 0.728. The summed E-state index contributed by atoms with van der Waals surface area (Å²) in [4.78, 5) is 0. The molecule has 1 heterocycles. The second-order valence-corrected chi connectivity index (χ2v) is 3.22. The van der Waals surface area contributed by atoms with Gasteiger partial charge in [0, 0.05) is 0 Å². The lowest BCUT2D eigenvalue weighted by atomic mass is 10.1. The molecule has 0 saturated carbocycles. The Morgan fingerprint density at radius 2 is 2.08 bits per heavy atom. The second-order valence-electron chi connectivity index (χ2n) is 2.69. The Hall–Kier alpha value is -1.02. The van der Waals surface area contributed by atoms with Crippen LogP contribution in [-0.4, -0.2) is 17.6 Å². The highest BCUT2D eigenvalue weighted by molar-refractivity contribution is 6.35.